The van der Waals surface area contributed by atoms with Gasteiger partial charge in [-0.2, -0.15) is 4.98 Å². The molecule has 1 aliphatic heterocycles. The largest absolute Gasteiger partial charge is 0.496 e. The van der Waals surface area contributed by atoms with Crippen molar-refractivity contribution in [3.63, 3.8) is 0 Å². The van der Waals surface area contributed by atoms with Gasteiger partial charge < -0.3 is 20.1 Å². The highest BCUT2D eigenvalue weighted by Gasteiger charge is 2.35. The number of aromatic amines is 1. The Bertz CT molecular complexity index is 1670. The summed E-state index contributed by atoms with van der Waals surface area (Å²) in [5, 5.41) is 0. The second-order valence-corrected chi connectivity index (χ2v) is 10.7. The summed E-state index contributed by atoms with van der Waals surface area (Å²) in [6.45, 7) is 1.12. The molecule has 0 radical (unpaired) electrons. The molecule has 1 saturated heterocycles. The normalized spacial score (nSPS) is 16.2. The summed E-state index contributed by atoms with van der Waals surface area (Å²) in [5.74, 6) is 0.749. The van der Waals surface area contributed by atoms with E-state index in [0.29, 0.717) is 30.5 Å². The number of nitrogens with one attached hydrogen (secondary N) is 1. The first-order valence-corrected chi connectivity index (χ1v) is 13.7. The number of ether oxygens (including phenoxy) is 2. The molecule has 0 saturated carbocycles. The zero-order chi connectivity index (χ0) is 28.6. The Balaban J connectivity index is 1.83. The number of H-pyrrole nitrogens is 1. The molecule has 210 valence electrons. The van der Waals surface area contributed by atoms with Crippen LogP contribution in [-0.4, -0.2) is 58.2 Å². The molecule has 1 fully saturated rings. The monoisotopic (exact) mass is 610 g/mol. The van der Waals surface area contributed by atoms with Gasteiger partial charge in [-0.15, -0.1) is 0 Å². The van der Waals surface area contributed by atoms with Gasteiger partial charge in [0.05, 0.1) is 14.2 Å². The van der Waals surface area contributed by atoms with Crippen LogP contribution in [0.3, 0.4) is 0 Å². The van der Waals surface area contributed by atoms with Gasteiger partial charge in [0.15, 0.2) is 16.9 Å². The van der Waals surface area contributed by atoms with Crippen molar-refractivity contribution < 1.29 is 14.3 Å². The Hall–Kier alpha value is -3.90. The number of carbonyl (C=O) groups excluding carboxylic acids is 1. The molecule has 4 aromatic rings. The van der Waals surface area contributed by atoms with Crippen molar-refractivity contribution in [3.8, 4) is 11.5 Å². The average molecular weight is 611 g/mol. The number of nitrogens with zero attached hydrogens (tertiary/aromatic N) is 4. The van der Waals surface area contributed by atoms with Crippen LogP contribution in [-0.2, 0) is 13.5 Å². The third-order valence-corrected chi connectivity index (χ3v) is 8.11. The fourth-order valence-electron chi connectivity index (χ4n) is 5.33. The highest BCUT2D eigenvalue weighted by molar-refractivity contribution is 9.10. The van der Waals surface area contributed by atoms with E-state index < -0.39 is 17.3 Å². The van der Waals surface area contributed by atoms with Crippen LogP contribution in [0.5, 0.6) is 11.5 Å². The molecule has 40 heavy (non-hydrogen) atoms. The van der Waals surface area contributed by atoms with Crippen LogP contribution in [0.4, 0.5) is 5.95 Å². The number of aromatic nitrogens is 4. The standard InChI is InChI=1S/C28H31BrN6O5/c1-33-25-23(26(37)32-28(33)38)35(27(31-25)34-13-7-9-17(30)15-34)19(14-16-8-4-5-10-18(16)29)24(36)22-20(39-2)11-6-12-21(22)40-3/h4-6,8,10-12,17,19H,7,9,13-15,30H2,1-3H3,(H,32,37,38). The van der Waals surface area contributed by atoms with E-state index in [9.17, 15) is 14.4 Å². The fourth-order valence-corrected chi connectivity index (χ4v) is 5.78. The summed E-state index contributed by atoms with van der Waals surface area (Å²) in [7, 11) is 4.52. The first-order valence-electron chi connectivity index (χ1n) is 13.0. The first-order chi connectivity index (χ1) is 19.2. The number of Topliss-reactive ketones (excluding diaryl/α,β-unsaturated/α-hetero) is 1. The number of fused-ring (bicyclic) bond motifs is 1. The van der Waals surface area contributed by atoms with Crippen molar-refractivity contribution in [3.05, 3.63) is 78.9 Å². The summed E-state index contributed by atoms with van der Waals surface area (Å²) in [4.78, 5) is 49.8. The predicted octanol–water partition coefficient (Wildman–Crippen LogP) is 2.80. The average Bonchev–Trinajstić information content (AvgIpc) is 3.36. The third-order valence-electron chi connectivity index (χ3n) is 7.33. The number of ketones is 1. The fraction of sp³-hybridized carbons (Fsp3) is 0.357. The Morgan fingerprint density at radius 1 is 1.15 bits per heavy atom. The van der Waals surface area contributed by atoms with E-state index in [2.05, 4.69) is 20.9 Å². The number of piperidine rings is 1. The lowest BCUT2D eigenvalue weighted by Crippen LogP contribution is -2.44. The minimum absolute atomic E-state index is 0.101. The van der Waals surface area contributed by atoms with Crippen molar-refractivity contribution in [1.29, 1.82) is 0 Å². The van der Waals surface area contributed by atoms with E-state index in [1.54, 1.807) is 22.8 Å². The first kappa shape index (κ1) is 27.7. The van der Waals surface area contributed by atoms with Crippen LogP contribution in [0.15, 0.2) is 56.5 Å². The Labute approximate surface area is 238 Å². The molecule has 0 amide bonds. The number of halogens is 1. The lowest BCUT2D eigenvalue weighted by molar-refractivity contribution is 0.0920. The van der Waals surface area contributed by atoms with E-state index >= 15 is 0 Å². The molecule has 0 aliphatic carbocycles. The van der Waals surface area contributed by atoms with Gasteiger partial charge in [-0.05, 0) is 36.6 Å². The third kappa shape index (κ3) is 4.92. The molecular weight excluding hydrogens is 580 g/mol. The quantitative estimate of drug-likeness (QED) is 0.291. The highest BCUT2D eigenvalue weighted by atomic mass is 79.9. The number of carbonyl (C=O) groups is 1. The number of methoxy groups -OCH3 is 2. The Morgan fingerprint density at radius 2 is 1.85 bits per heavy atom. The minimum atomic E-state index is -0.958. The zero-order valence-electron chi connectivity index (χ0n) is 22.5. The lowest BCUT2D eigenvalue weighted by atomic mass is 9.95. The number of nitrogens with two attached hydrogens (primary N) is 1. The molecule has 0 bridgehead atoms. The molecule has 1 aliphatic rings. The van der Waals surface area contributed by atoms with E-state index in [0.717, 1.165) is 22.9 Å². The van der Waals surface area contributed by atoms with Crippen molar-refractivity contribution in [2.75, 3.05) is 32.2 Å². The van der Waals surface area contributed by atoms with Gasteiger partial charge in [0.1, 0.15) is 23.1 Å². The van der Waals surface area contributed by atoms with E-state index in [4.69, 9.17) is 20.2 Å². The van der Waals surface area contributed by atoms with Crippen molar-refractivity contribution in [2.24, 2.45) is 12.8 Å². The summed E-state index contributed by atoms with van der Waals surface area (Å²) in [6.07, 6.45) is 1.89. The summed E-state index contributed by atoms with van der Waals surface area (Å²) in [5.41, 5.74) is 6.50. The molecule has 2 aromatic heterocycles. The van der Waals surface area contributed by atoms with Crippen LogP contribution in [0.25, 0.3) is 11.2 Å². The number of imidazole rings is 1. The summed E-state index contributed by atoms with van der Waals surface area (Å²) in [6, 6.07) is 11.7. The number of anilines is 1. The summed E-state index contributed by atoms with van der Waals surface area (Å²) < 4.78 is 14.9. The van der Waals surface area contributed by atoms with Crippen LogP contribution in [0, 0.1) is 0 Å². The van der Waals surface area contributed by atoms with Gasteiger partial charge in [-0.1, -0.05) is 40.2 Å². The van der Waals surface area contributed by atoms with Crippen LogP contribution < -0.4 is 31.4 Å². The second kappa shape index (κ2) is 11.3. The number of benzene rings is 2. The molecule has 3 N–H and O–H groups in total. The number of aryl methyl sites for hydroxylation is 1. The van der Waals surface area contributed by atoms with E-state index in [1.807, 2.05) is 29.2 Å². The van der Waals surface area contributed by atoms with Crippen LogP contribution in [0.2, 0.25) is 0 Å². The maximum absolute atomic E-state index is 14.7. The smallest absolute Gasteiger partial charge is 0.329 e. The maximum Gasteiger partial charge on any atom is 0.329 e. The van der Waals surface area contributed by atoms with Gasteiger partial charge in [0.25, 0.3) is 5.56 Å². The molecular formula is C28H31BrN6O5. The van der Waals surface area contributed by atoms with E-state index in [-0.39, 0.29) is 35.0 Å². The Kier molecular flexibility index (Phi) is 7.81. The van der Waals surface area contributed by atoms with Gasteiger partial charge in [-0.3, -0.25) is 23.7 Å². The van der Waals surface area contributed by atoms with Crippen molar-refractivity contribution >= 4 is 38.8 Å². The van der Waals surface area contributed by atoms with Gasteiger partial charge in [0, 0.05) is 37.1 Å². The SMILES string of the molecule is COc1cccc(OC)c1C(=O)C(Cc1ccccc1Br)n1c(N2CCCC(N)C2)nc2c1c(=O)[nH]c(=O)n2C. The van der Waals surface area contributed by atoms with Crippen LogP contribution >= 0.6 is 15.9 Å². The van der Waals surface area contributed by atoms with E-state index in [1.165, 1.54) is 25.8 Å². The molecule has 2 unspecified atom stereocenters. The van der Waals surface area contributed by atoms with Crippen molar-refractivity contribution in [1.82, 2.24) is 19.1 Å². The molecule has 5 rings (SSSR count). The summed E-state index contributed by atoms with van der Waals surface area (Å²) >= 11 is 3.61. The maximum atomic E-state index is 14.7. The number of rotatable bonds is 8. The minimum Gasteiger partial charge on any atom is -0.496 e. The molecule has 12 heteroatoms. The van der Waals surface area contributed by atoms with Gasteiger partial charge in [-0.25, -0.2) is 4.79 Å². The Morgan fingerprint density at radius 3 is 2.50 bits per heavy atom. The predicted molar refractivity (Wildman–Crippen MR) is 156 cm³/mol. The van der Waals surface area contributed by atoms with Gasteiger partial charge >= 0.3 is 5.69 Å². The molecule has 2 aromatic carbocycles. The molecule has 0 spiro atoms. The molecule has 3 heterocycles. The molecule has 11 nitrogen and oxygen atoms in total. The zero-order valence-corrected chi connectivity index (χ0v) is 24.1. The highest BCUT2D eigenvalue weighted by Crippen LogP contribution is 2.37. The lowest BCUT2D eigenvalue weighted by Gasteiger charge is -2.33. The number of hydrogen-bond donors (Lipinski definition) is 2. The van der Waals surface area contributed by atoms with Crippen LogP contribution in [0.1, 0.15) is 34.8 Å². The number of hydrogen-bond acceptors (Lipinski definition) is 8. The van der Waals surface area contributed by atoms with Gasteiger partial charge in [0.2, 0.25) is 5.95 Å². The molecule has 2 atom stereocenters. The van der Waals surface area contributed by atoms with Crippen molar-refractivity contribution in [2.45, 2.75) is 31.3 Å². The topological polar surface area (TPSA) is 137 Å². The second-order valence-electron chi connectivity index (χ2n) is 9.83.